The Hall–Kier alpha value is -0.570. The van der Waals surface area contributed by atoms with E-state index in [2.05, 4.69) is 30.0 Å². The van der Waals surface area contributed by atoms with Crippen LogP contribution in [-0.4, -0.2) is 24.0 Å². The minimum atomic E-state index is 0.482. The third-order valence-corrected chi connectivity index (χ3v) is 4.43. The van der Waals surface area contributed by atoms with Gasteiger partial charge in [0.2, 0.25) is 0 Å². The second-order valence-corrected chi connectivity index (χ2v) is 5.88. The first-order chi connectivity index (χ1) is 9.26. The highest BCUT2D eigenvalue weighted by atomic mass is 35.5. The van der Waals surface area contributed by atoms with Crippen LogP contribution in [0.4, 0.5) is 0 Å². The quantitative estimate of drug-likeness (QED) is 0.883. The van der Waals surface area contributed by atoms with E-state index in [0.717, 1.165) is 24.4 Å². The number of nitrogens with two attached hydrogens (primary N) is 1. The van der Waals surface area contributed by atoms with Gasteiger partial charge in [0, 0.05) is 17.1 Å². The summed E-state index contributed by atoms with van der Waals surface area (Å²) >= 11 is 6.14. The highest BCUT2D eigenvalue weighted by Gasteiger charge is 2.28. The lowest BCUT2D eigenvalue weighted by atomic mass is 9.93. The van der Waals surface area contributed by atoms with Crippen LogP contribution in [0.1, 0.15) is 50.6 Å². The normalized spacial score (nSPS) is 22.4. The molecule has 1 aromatic rings. The van der Waals surface area contributed by atoms with Crippen molar-refractivity contribution in [1.29, 1.82) is 0 Å². The lowest BCUT2D eigenvalue weighted by Gasteiger charge is -2.41. The summed E-state index contributed by atoms with van der Waals surface area (Å²) in [5.74, 6) is 0. The van der Waals surface area contributed by atoms with Crippen LogP contribution < -0.4 is 5.73 Å². The number of piperidine rings is 1. The van der Waals surface area contributed by atoms with Crippen molar-refractivity contribution in [2.24, 2.45) is 5.73 Å². The molecule has 106 valence electrons. The van der Waals surface area contributed by atoms with Crippen molar-refractivity contribution in [3.63, 3.8) is 0 Å². The molecule has 2 nitrogen and oxygen atoms in total. The summed E-state index contributed by atoms with van der Waals surface area (Å²) in [6.07, 6.45) is 6.16. The highest BCUT2D eigenvalue weighted by Crippen LogP contribution is 2.32. The topological polar surface area (TPSA) is 29.3 Å². The molecule has 2 atom stereocenters. The van der Waals surface area contributed by atoms with E-state index in [9.17, 15) is 0 Å². The van der Waals surface area contributed by atoms with Crippen LogP contribution in [-0.2, 0) is 0 Å². The Morgan fingerprint density at radius 1 is 1.42 bits per heavy atom. The van der Waals surface area contributed by atoms with E-state index in [-0.39, 0.29) is 0 Å². The van der Waals surface area contributed by atoms with E-state index in [0.29, 0.717) is 12.1 Å². The smallest absolute Gasteiger partial charge is 0.0409 e. The number of likely N-dealkylation sites (tertiary alicyclic amines) is 1. The number of rotatable bonds is 5. The van der Waals surface area contributed by atoms with Gasteiger partial charge < -0.3 is 5.73 Å². The summed E-state index contributed by atoms with van der Waals surface area (Å²) in [6.45, 7) is 4.24. The Morgan fingerprint density at radius 2 is 2.26 bits per heavy atom. The molecule has 2 rings (SSSR count). The SMILES string of the molecule is CCC(c1cccc(Cl)c1)N1CCCCC1CCN. The Balaban J connectivity index is 2.19. The van der Waals surface area contributed by atoms with Crippen LogP contribution in [0.3, 0.4) is 0 Å². The molecular formula is C16H25ClN2. The Morgan fingerprint density at radius 3 is 2.95 bits per heavy atom. The first kappa shape index (κ1) is 14.8. The van der Waals surface area contributed by atoms with E-state index in [4.69, 9.17) is 17.3 Å². The summed E-state index contributed by atoms with van der Waals surface area (Å²) in [7, 11) is 0. The van der Waals surface area contributed by atoms with Gasteiger partial charge in [-0.1, -0.05) is 37.1 Å². The third kappa shape index (κ3) is 3.71. The molecule has 1 aliphatic rings. The molecule has 1 saturated heterocycles. The van der Waals surface area contributed by atoms with Crippen molar-refractivity contribution in [2.45, 2.75) is 51.1 Å². The molecule has 0 aromatic heterocycles. The molecule has 2 N–H and O–H groups in total. The van der Waals surface area contributed by atoms with Crippen molar-refractivity contribution < 1.29 is 0 Å². The van der Waals surface area contributed by atoms with Gasteiger partial charge in [0.25, 0.3) is 0 Å². The lowest BCUT2D eigenvalue weighted by Crippen LogP contribution is -2.42. The largest absolute Gasteiger partial charge is 0.330 e. The van der Waals surface area contributed by atoms with Gasteiger partial charge in [0.1, 0.15) is 0 Å². The number of hydrogen-bond donors (Lipinski definition) is 1. The van der Waals surface area contributed by atoms with Gasteiger partial charge in [-0.05, 0) is 56.5 Å². The summed E-state index contributed by atoms with van der Waals surface area (Å²) in [5.41, 5.74) is 7.12. The molecule has 19 heavy (non-hydrogen) atoms. The predicted octanol–water partition coefficient (Wildman–Crippen LogP) is 3.99. The van der Waals surface area contributed by atoms with Crippen LogP contribution in [0.5, 0.6) is 0 Å². The summed E-state index contributed by atoms with van der Waals surface area (Å²) in [6, 6.07) is 9.45. The first-order valence-corrected chi connectivity index (χ1v) is 7.85. The minimum Gasteiger partial charge on any atom is -0.330 e. The van der Waals surface area contributed by atoms with E-state index >= 15 is 0 Å². The number of hydrogen-bond acceptors (Lipinski definition) is 2. The van der Waals surface area contributed by atoms with Crippen LogP contribution in [0.2, 0.25) is 5.02 Å². The third-order valence-electron chi connectivity index (χ3n) is 4.19. The fourth-order valence-electron chi connectivity index (χ4n) is 3.31. The zero-order valence-corrected chi connectivity index (χ0v) is 12.6. The molecule has 0 saturated carbocycles. The fraction of sp³-hybridized carbons (Fsp3) is 0.625. The van der Waals surface area contributed by atoms with Crippen molar-refractivity contribution in [1.82, 2.24) is 4.90 Å². The van der Waals surface area contributed by atoms with Gasteiger partial charge in [-0.25, -0.2) is 0 Å². The molecule has 3 heteroatoms. The maximum Gasteiger partial charge on any atom is 0.0409 e. The molecule has 0 amide bonds. The number of benzene rings is 1. The molecular weight excluding hydrogens is 256 g/mol. The first-order valence-electron chi connectivity index (χ1n) is 7.47. The number of halogens is 1. The van der Waals surface area contributed by atoms with Crippen LogP contribution in [0.15, 0.2) is 24.3 Å². The zero-order valence-electron chi connectivity index (χ0n) is 11.8. The van der Waals surface area contributed by atoms with E-state index in [1.165, 1.54) is 31.4 Å². The molecule has 0 bridgehead atoms. The predicted molar refractivity (Wildman–Crippen MR) is 82.5 cm³/mol. The average molecular weight is 281 g/mol. The van der Waals surface area contributed by atoms with Crippen molar-refractivity contribution >= 4 is 11.6 Å². The molecule has 1 fully saturated rings. The Kier molecular flexibility index (Phi) is 5.68. The fourth-order valence-corrected chi connectivity index (χ4v) is 3.51. The van der Waals surface area contributed by atoms with E-state index < -0.39 is 0 Å². The van der Waals surface area contributed by atoms with Crippen LogP contribution in [0, 0.1) is 0 Å². The molecule has 0 aliphatic carbocycles. The summed E-state index contributed by atoms with van der Waals surface area (Å²) in [5, 5.41) is 0.836. The molecule has 1 heterocycles. The van der Waals surface area contributed by atoms with Gasteiger partial charge in [-0.2, -0.15) is 0 Å². The van der Waals surface area contributed by atoms with Gasteiger partial charge in [-0.3, -0.25) is 4.90 Å². The molecule has 1 aliphatic heterocycles. The van der Waals surface area contributed by atoms with Gasteiger partial charge in [0.15, 0.2) is 0 Å². The maximum absolute atomic E-state index is 6.14. The Bertz CT molecular complexity index is 392. The second-order valence-electron chi connectivity index (χ2n) is 5.44. The molecule has 0 radical (unpaired) electrons. The second kappa shape index (κ2) is 7.28. The van der Waals surface area contributed by atoms with Crippen LogP contribution >= 0.6 is 11.6 Å². The monoisotopic (exact) mass is 280 g/mol. The van der Waals surface area contributed by atoms with Crippen LogP contribution in [0.25, 0.3) is 0 Å². The lowest BCUT2D eigenvalue weighted by molar-refractivity contribution is 0.0871. The van der Waals surface area contributed by atoms with Gasteiger partial charge in [-0.15, -0.1) is 0 Å². The standard InChI is InChI=1S/C16H25ClN2/c1-2-16(13-6-5-7-14(17)12-13)19-11-4-3-8-15(19)9-10-18/h5-7,12,15-16H,2-4,8-11,18H2,1H3. The molecule has 1 aromatic carbocycles. The highest BCUT2D eigenvalue weighted by molar-refractivity contribution is 6.30. The van der Waals surface area contributed by atoms with E-state index in [1.807, 2.05) is 6.07 Å². The maximum atomic E-state index is 6.14. The molecule has 0 spiro atoms. The summed E-state index contributed by atoms with van der Waals surface area (Å²) < 4.78 is 0. The zero-order chi connectivity index (χ0) is 13.7. The average Bonchev–Trinajstić information content (AvgIpc) is 2.42. The van der Waals surface area contributed by atoms with Crippen molar-refractivity contribution in [2.75, 3.05) is 13.1 Å². The van der Waals surface area contributed by atoms with Gasteiger partial charge >= 0.3 is 0 Å². The van der Waals surface area contributed by atoms with Crippen molar-refractivity contribution in [3.05, 3.63) is 34.9 Å². The Labute approximate surface area is 121 Å². The van der Waals surface area contributed by atoms with Crippen molar-refractivity contribution in [3.8, 4) is 0 Å². The summed E-state index contributed by atoms with van der Waals surface area (Å²) in [4.78, 5) is 2.65. The number of nitrogens with zero attached hydrogens (tertiary/aromatic N) is 1. The molecule has 2 unspecified atom stereocenters. The van der Waals surface area contributed by atoms with Gasteiger partial charge in [0.05, 0.1) is 0 Å². The van der Waals surface area contributed by atoms with E-state index in [1.54, 1.807) is 0 Å². The minimum absolute atomic E-state index is 0.482.